The van der Waals surface area contributed by atoms with Gasteiger partial charge in [0.25, 0.3) is 5.69 Å². The third-order valence-electron chi connectivity index (χ3n) is 3.40. The van der Waals surface area contributed by atoms with Gasteiger partial charge in [-0.25, -0.2) is 0 Å². The molecule has 0 heterocycles. The highest BCUT2D eigenvalue weighted by Crippen LogP contribution is 2.26. The van der Waals surface area contributed by atoms with E-state index in [0.29, 0.717) is 18.2 Å². The lowest BCUT2D eigenvalue weighted by Crippen LogP contribution is -2.23. The number of nitrogens with one attached hydrogen (secondary N) is 1. The molecule has 0 aromatic heterocycles. The van der Waals surface area contributed by atoms with Gasteiger partial charge in [-0.3, -0.25) is 10.1 Å². The Morgan fingerprint density at radius 1 is 1.40 bits per heavy atom. The molecule has 1 rings (SSSR count). The Labute approximate surface area is 121 Å². The minimum Gasteiger partial charge on any atom is -0.380 e. The van der Waals surface area contributed by atoms with Gasteiger partial charge < -0.3 is 10.2 Å². The predicted octanol–water partition coefficient (Wildman–Crippen LogP) is 3.50. The van der Waals surface area contributed by atoms with Crippen molar-refractivity contribution in [1.82, 2.24) is 4.90 Å². The van der Waals surface area contributed by atoms with E-state index in [1.54, 1.807) is 12.1 Å². The third-order valence-corrected chi connectivity index (χ3v) is 3.40. The summed E-state index contributed by atoms with van der Waals surface area (Å²) in [7, 11) is 2.05. The van der Waals surface area contributed by atoms with Crippen molar-refractivity contribution >= 4 is 11.4 Å². The van der Waals surface area contributed by atoms with E-state index < -0.39 is 0 Å². The Morgan fingerprint density at radius 2 is 2.10 bits per heavy atom. The van der Waals surface area contributed by atoms with Crippen LogP contribution in [0.1, 0.15) is 32.8 Å². The van der Waals surface area contributed by atoms with Crippen LogP contribution in [0.15, 0.2) is 18.2 Å². The predicted molar refractivity (Wildman–Crippen MR) is 83.0 cm³/mol. The summed E-state index contributed by atoms with van der Waals surface area (Å²) >= 11 is 0. The smallest absolute Gasteiger partial charge is 0.292 e. The lowest BCUT2D eigenvalue weighted by atomic mass is 10.1. The highest BCUT2D eigenvalue weighted by atomic mass is 16.6. The maximum absolute atomic E-state index is 11.1. The molecule has 5 nitrogen and oxygen atoms in total. The van der Waals surface area contributed by atoms with E-state index in [-0.39, 0.29) is 10.6 Å². The molecule has 1 atom stereocenters. The number of nitrogens with zero attached hydrogens (tertiary/aromatic N) is 2. The molecule has 0 spiro atoms. The number of rotatable bonds is 8. The topological polar surface area (TPSA) is 58.4 Å². The number of hydrogen-bond acceptors (Lipinski definition) is 4. The fraction of sp³-hybridized carbons (Fsp3) is 0.600. The van der Waals surface area contributed by atoms with Gasteiger partial charge in [-0.05, 0) is 31.5 Å². The van der Waals surface area contributed by atoms with Crippen LogP contribution in [-0.4, -0.2) is 30.0 Å². The van der Waals surface area contributed by atoms with Crippen LogP contribution in [0.4, 0.5) is 11.4 Å². The molecule has 0 aliphatic heterocycles. The first-order valence-electron chi connectivity index (χ1n) is 7.17. The molecular weight excluding hydrogens is 254 g/mol. The van der Waals surface area contributed by atoms with E-state index in [0.717, 1.165) is 25.1 Å². The van der Waals surface area contributed by atoms with Gasteiger partial charge in [0.1, 0.15) is 5.69 Å². The normalized spacial score (nSPS) is 12.4. The van der Waals surface area contributed by atoms with Crippen molar-refractivity contribution in [2.45, 2.75) is 33.7 Å². The van der Waals surface area contributed by atoms with E-state index >= 15 is 0 Å². The first-order valence-corrected chi connectivity index (χ1v) is 7.17. The second-order valence-electron chi connectivity index (χ2n) is 5.35. The van der Waals surface area contributed by atoms with Crippen molar-refractivity contribution in [2.24, 2.45) is 5.92 Å². The van der Waals surface area contributed by atoms with Gasteiger partial charge in [0, 0.05) is 25.7 Å². The molecule has 0 radical (unpaired) electrons. The highest BCUT2D eigenvalue weighted by Gasteiger charge is 2.15. The molecule has 0 aliphatic rings. The molecule has 1 N–H and O–H groups in total. The van der Waals surface area contributed by atoms with E-state index in [4.69, 9.17) is 0 Å². The number of nitro benzene ring substituents is 1. The largest absolute Gasteiger partial charge is 0.380 e. The van der Waals surface area contributed by atoms with Crippen LogP contribution in [0.2, 0.25) is 0 Å². The van der Waals surface area contributed by atoms with Gasteiger partial charge in [-0.1, -0.05) is 26.3 Å². The minimum atomic E-state index is -0.323. The third kappa shape index (κ3) is 4.81. The zero-order valence-corrected chi connectivity index (χ0v) is 12.8. The van der Waals surface area contributed by atoms with E-state index in [1.165, 1.54) is 0 Å². The van der Waals surface area contributed by atoms with Crippen LogP contribution < -0.4 is 5.32 Å². The van der Waals surface area contributed by atoms with Crippen LogP contribution in [0.5, 0.6) is 0 Å². The molecule has 1 aromatic carbocycles. The van der Waals surface area contributed by atoms with Crippen molar-refractivity contribution in [3.05, 3.63) is 33.9 Å². The van der Waals surface area contributed by atoms with Crippen molar-refractivity contribution < 1.29 is 4.92 Å². The Morgan fingerprint density at radius 3 is 2.65 bits per heavy atom. The number of nitro groups is 1. The molecule has 1 aromatic rings. The lowest BCUT2D eigenvalue weighted by molar-refractivity contribution is -0.384. The standard InChI is InChI=1S/C15H25N3O2/c1-5-12(3)10-17(4)11-13-7-8-14(16-6-2)15(9-13)18(19)20/h7-9,12,16H,5-6,10-11H2,1-4H3. The number of benzene rings is 1. The summed E-state index contributed by atoms with van der Waals surface area (Å²) in [6, 6.07) is 5.43. The Balaban J connectivity index is 2.81. The van der Waals surface area contributed by atoms with Gasteiger partial charge >= 0.3 is 0 Å². The molecule has 0 fully saturated rings. The quantitative estimate of drug-likeness (QED) is 0.584. The zero-order valence-electron chi connectivity index (χ0n) is 12.8. The van der Waals surface area contributed by atoms with E-state index in [2.05, 4.69) is 31.1 Å². The second kappa shape index (κ2) is 7.85. The summed E-state index contributed by atoms with van der Waals surface area (Å²) in [4.78, 5) is 13.0. The van der Waals surface area contributed by atoms with Crippen molar-refractivity contribution in [3.8, 4) is 0 Å². The molecular formula is C15H25N3O2. The van der Waals surface area contributed by atoms with Crippen LogP contribution in [0.25, 0.3) is 0 Å². The van der Waals surface area contributed by atoms with Gasteiger partial charge in [0.15, 0.2) is 0 Å². The first-order chi connectivity index (χ1) is 9.47. The SMILES string of the molecule is CCNc1ccc(CN(C)CC(C)CC)cc1[N+](=O)[O-]. The summed E-state index contributed by atoms with van der Waals surface area (Å²) in [5, 5.41) is 14.1. The average molecular weight is 279 g/mol. The molecule has 0 amide bonds. The Hall–Kier alpha value is -1.62. The summed E-state index contributed by atoms with van der Waals surface area (Å²) in [5.41, 5.74) is 1.72. The van der Waals surface area contributed by atoms with Gasteiger partial charge in [-0.2, -0.15) is 0 Å². The lowest BCUT2D eigenvalue weighted by Gasteiger charge is -2.20. The van der Waals surface area contributed by atoms with Crippen LogP contribution in [0, 0.1) is 16.0 Å². The van der Waals surface area contributed by atoms with Gasteiger partial charge in [0.05, 0.1) is 4.92 Å². The van der Waals surface area contributed by atoms with Crippen LogP contribution in [-0.2, 0) is 6.54 Å². The molecule has 0 saturated carbocycles. The average Bonchev–Trinajstić information content (AvgIpc) is 2.40. The molecule has 0 saturated heterocycles. The molecule has 0 bridgehead atoms. The second-order valence-corrected chi connectivity index (χ2v) is 5.35. The fourth-order valence-corrected chi connectivity index (χ4v) is 2.20. The molecule has 20 heavy (non-hydrogen) atoms. The first kappa shape index (κ1) is 16.4. The minimum absolute atomic E-state index is 0.154. The van der Waals surface area contributed by atoms with Crippen LogP contribution in [0.3, 0.4) is 0 Å². The van der Waals surface area contributed by atoms with E-state index in [9.17, 15) is 10.1 Å². The highest BCUT2D eigenvalue weighted by molar-refractivity contribution is 5.62. The van der Waals surface area contributed by atoms with Crippen molar-refractivity contribution in [1.29, 1.82) is 0 Å². The zero-order chi connectivity index (χ0) is 15.1. The molecule has 0 aliphatic carbocycles. The van der Waals surface area contributed by atoms with Gasteiger partial charge in [0.2, 0.25) is 0 Å². The van der Waals surface area contributed by atoms with Crippen molar-refractivity contribution in [2.75, 3.05) is 25.5 Å². The molecule has 1 unspecified atom stereocenters. The Bertz CT molecular complexity index is 449. The van der Waals surface area contributed by atoms with Crippen LogP contribution >= 0.6 is 0 Å². The summed E-state index contributed by atoms with van der Waals surface area (Å²) in [5.74, 6) is 0.635. The number of hydrogen-bond donors (Lipinski definition) is 1. The molecule has 112 valence electrons. The summed E-state index contributed by atoms with van der Waals surface area (Å²) in [6.07, 6.45) is 1.14. The maximum Gasteiger partial charge on any atom is 0.292 e. The van der Waals surface area contributed by atoms with E-state index in [1.807, 2.05) is 13.0 Å². The number of anilines is 1. The van der Waals surface area contributed by atoms with Gasteiger partial charge in [-0.15, -0.1) is 0 Å². The maximum atomic E-state index is 11.1. The fourth-order valence-electron chi connectivity index (χ4n) is 2.20. The Kier molecular flexibility index (Phi) is 6.45. The monoisotopic (exact) mass is 279 g/mol. The summed E-state index contributed by atoms with van der Waals surface area (Å²) in [6.45, 7) is 8.73. The van der Waals surface area contributed by atoms with Crippen molar-refractivity contribution in [3.63, 3.8) is 0 Å². The molecule has 5 heteroatoms. The summed E-state index contributed by atoms with van der Waals surface area (Å²) < 4.78 is 0.